The molecule has 1 N–H and O–H groups in total. The van der Waals surface area contributed by atoms with Crippen LogP contribution in [0.15, 0.2) is 28.8 Å². The van der Waals surface area contributed by atoms with Gasteiger partial charge in [-0.3, -0.25) is 0 Å². The molecule has 3 rings (SSSR count). The van der Waals surface area contributed by atoms with E-state index in [9.17, 15) is 4.39 Å². The minimum atomic E-state index is -0.231. The Morgan fingerprint density at radius 3 is 2.72 bits per heavy atom. The van der Waals surface area contributed by atoms with E-state index in [2.05, 4.69) is 15.5 Å². The molecule has 2 heterocycles. The van der Waals surface area contributed by atoms with Crippen LogP contribution in [0.2, 0.25) is 0 Å². The van der Waals surface area contributed by atoms with Gasteiger partial charge < -0.3 is 9.84 Å². The summed E-state index contributed by atoms with van der Waals surface area (Å²) in [5.41, 5.74) is 0.981. The van der Waals surface area contributed by atoms with Crippen molar-refractivity contribution in [2.45, 2.75) is 12.8 Å². The van der Waals surface area contributed by atoms with Crippen molar-refractivity contribution in [2.75, 3.05) is 13.1 Å². The van der Waals surface area contributed by atoms with Gasteiger partial charge >= 0.3 is 0 Å². The Labute approximate surface area is 104 Å². The van der Waals surface area contributed by atoms with Crippen molar-refractivity contribution < 1.29 is 8.91 Å². The van der Waals surface area contributed by atoms with E-state index in [-0.39, 0.29) is 5.82 Å². The van der Waals surface area contributed by atoms with Crippen LogP contribution in [0.5, 0.6) is 0 Å². The highest BCUT2D eigenvalue weighted by Crippen LogP contribution is 2.13. The molecule has 1 aromatic carbocycles. The number of halogens is 1. The molecule has 1 aromatic heterocycles. The van der Waals surface area contributed by atoms with Gasteiger partial charge in [-0.15, -0.1) is 0 Å². The average Bonchev–Trinajstić information content (AvgIpc) is 2.75. The van der Waals surface area contributed by atoms with E-state index in [1.54, 1.807) is 12.1 Å². The summed E-state index contributed by atoms with van der Waals surface area (Å²) in [5.74, 6) is 1.73. The number of nitrogens with zero attached hydrogens (tertiary/aromatic N) is 2. The van der Waals surface area contributed by atoms with Crippen LogP contribution < -0.4 is 5.32 Å². The highest BCUT2D eigenvalue weighted by Gasteiger charge is 2.20. The van der Waals surface area contributed by atoms with Gasteiger partial charge in [0.1, 0.15) is 5.82 Å². The second-order valence-electron chi connectivity index (χ2n) is 4.64. The zero-order chi connectivity index (χ0) is 12.4. The third kappa shape index (κ3) is 2.56. The molecule has 0 unspecified atom stereocenters. The van der Waals surface area contributed by atoms with Gasteiger partial charge in [-0.2, -0.15) is 4.98 Å². The average molecular weight is 247 g/mol. The summed E-state index contributed by atoms with van der Waals surface area (Å²) in [6, 6.07) is 6.36. The van der Waals surface area contributed by atoms with Crippen LogP contribution in [0.1, 0.15) is 17.3 Å². The zero-order valence-electron chi connectivity index (χ0n) is 9.90. The fourth-order valence-electron chi connectivity index (χ4n) is 1.97. The number of aromatic nitrogens is 2. The Morgan fingerprint density at radius 2 is 2.06 bits per heavy atom. The van der Waals surface area contributed by atoms with Gasteiger partial charge in [0.05, 0.1) is 0 Å². The monoisotopic (exact) mass is 247 g/mol. The van der Waals surface area contributed by atoms with E-state index in [4.69, 9.17) is 4.52 Å². The standard InChI is InChI=1S/C13H14FN3O/c14-11-3-1-9(2-4-11)5-12-16-13(18-17-12)6-10-7-15-8-10/h1-4,10,15H,5-8H2. The van der Waals surface area contributed by atoms with Crippen LogP contribution in [0.4, 0.5) is 4.39 Å². The van der Waals surface area contributed by atoms with E-state index in [1.807, 2.05) is 0 Å². The third-order valence-corrected chi connectivity index (χ3v) is 3.11. The maximum absolute atomic E-state index is 12.8. The SMILES string of the molecule is Fc1ccc(Cc2noc(CC3CNC3)n2)cc1. The van der Waals surface area contributed by atoms with E-state index >= 15 is 0 Å². The minimum absolute atomic E-state index is 0.231. The molecule has 1 aliphatic heterocycles. The van der Waals surface area contributed by atoms with Crippen LogP contribution in [-0.2, 0) is 12.8 Å². The fourth-order valence-corrected chi connectivity index (χ4v) is 1.97. The lowest BCUT2D eigenvalue weighted by atomic mass is 10.00. The van der Waals surface area contributed by atoms with Crippen LogP contribution in [0.3, 0.4) is 0 Å². The fraction of sp³-hybridized carbons (Fsp3) is 0.385. The molecule has 0 spiro atoms. The van der Waals surface area contributed by atoms with E-state index in [0.29, 0.717) is 24.1 Å². The summed E-state index contributed by atoms with van der Waals surface area (Å²) < 4.78 is 18.0. The van der Waals surface area contributed by atoms with Crippen molar-refractivity contribution >= 4 is 0 Å². The molecular weight excluding hydrogens is 233 g/mol. The summed E-state index contributed by atoms with van der Waals surface area (Å²) in [4.78, 5) is 4.35. The lowest BCUT2D eigenvalue weighted by molar-refractivity contribution is 0.295. The molecule has 0 atom stereocenters. The molecule has 0 radical (unpaired) electrons. The van der Waals surface area contributed by atoms with Crippen molar-refractivity contribution in [2.24, 2.45) is 5.92 Å². The summed E-state index contributed by atoms with van der Waals surface area (Å²) in [5, 5.41) is 7.15. The second-order valence-corrected chi connectivity index (χ2v) is 4.64. The Hall–Kier alpha value is -1.75. The van der Waals surface area contributed by atoms with Gasteiger partial charge in [-0.05, 0) is 36.7 Å². The van der Waals surface area contributed by atoms with E-state index < -0.39 is 0 Å². The van der Waals surface area contributed by atoms with E-state index in [0.717, 1.165) is 25.1 Å². The van der Waals surface area contributed by atoms with Gasteiger partial charge in [0, 0.05) is 12.8 Å². The van der Waals surface area contributed by atoms with Crippen molar-refractivity contribution in [3.63, 3.8) is 0 Å². The summed E-state index contributed by atoms with van der Waals surface area (Å²) in [7, 11) is 0. The minimum Gasteiger partial charge on any atom is -0.339 e. The lowest BCUT2D eigenvalue weighted by Gasteiger charge is -2.25. The molecule has 0 aliphatic carbocycles. The predicted molar refractivity (Wildman–Crippen MR) is 63.6 cm³/mol. The third-order valence-electron chi connectivity index (χ3n) is 3.11. The molecule has 4 nitrogen and oxygen atoms in total. The molecule has 2 aromatic rings. The second kappa shape index (κ2) is 4.86. The molecular formula is C13H14FN3O. The van der Waals surface area contributed by atoms with Gasteiger partial charge in [-0.1, -0.05) is 17.3 Å². The molecule has 0 amide bonds. The molecule has 1 aliphatic rings. The van der Waals surface area contributed by atoms with Crippen LogP contribution in [0, 0.1) is 11.7 Å². The first-order valence-electron chi connectivity index (χ1n) is 6.06. The number of benzene rings is 1. The Balaban J connectivity index is 1.63. The Morgan fingerprint density at radius 1 is 1.28 bits per heavy atom. The van der Waals surface area contributed by atoms with Gasteiger partial charge in [0.2, 0.25) is 5.89 Å². The maximum atomic E-state index is 12.8. The van der Waals surface area contributed by atoms with Crippen molar-refractivity contribution in [1.29, 1.82) is 0 Å². The van der Waals surface area contributed by atoms with Crippen molar-refractivity contribution in [3.8, 4) is 0 Å². The Kier molecular flexibility index (Phi) is 3.06. The van der Waals surface area contributed by atoms with Crippen LogP contribution in [0.25, 0.3) is 0 Å². The maximum Gasteiger partial charge on any atom is 0.227 e. The largest absolute Gasteiger partial charge is 0.339 e. The first-order chi connectivity index (χ1) is 8.79. The number of hydrogen-bond donors (Lipinski definition) is 1. The van der Waals surface area contributed by atoms with Crippen LogP contribution in [-0.4, -0.2) is 23.2 Å². The number of hydrogen-bond acceptors (Lipinski definition) is 4. The van der Waals surface area contributed by atoms with Gasteiger partial charge in [0.25, 0.3) is 0 Å². The topological polar surface area (TPSA) is 51.0 Å². The molecule has 0 saturated carbocycles. The summed E-state index contributed by atoms with van der Waals surface area (Å²) in [6.45, 7) is 2.05. The molecule has 5 heteroatoms. The van der Waals surface area contributed by atoms with Crippen LogP contribution >= 0.6 is 0 Å². The first-order valence-corrected chi connectivity index (χ1v) is 6.06. The molecule has 18 heavy (non-hydrogen) atoms. The quantitative estimate of drug-likeness (QED) is 0.890. The number of nitrogens with one attached hydrogen (secondary N) is 1. The summed E-state index contributed by atoms with van der Waals surface area (Å²) >= 11 is 0. The van der Waals surface area contributed by atoms with Gasteiger partial charge in [0.15, 0.2) is 5.82 Å². The normalized spacial score (nSPS) is 15.6. The smallest absolute Gasteiger partial charge is 0.227 e. The molecule has 1 saturated heterocycles. The molecule has 0 bridgehead atoms. The lowest BCUT2D eigenvalue weighted by Crippen LogP contribution is -2.43. The zero-order valence-corrected chi connectivity index (χ0v) is 9.90. The predicted octanol–water partition coefficient (Wildman–Crippen LogP) is 1.56. The summed E-state index contributed by atoms with van der Waals surface area (Å²) in [6.07, 6.45) is 1.41. The van der Waals surface area contributed by atoms with E-state index in [1.165, 1.54) is 12.1 Å². The first kappa shape index (κ1) is 11.3. The molecule has 1 fully saturated rings. The highest BCUT2D eigenvalue weighted by molar-refractivity contribution is 5.19. The highest BCUT2D eigenvalue weighted by atomic mass is 19.1. The van der Waals surface area contributed by atoms with Crippen molar-refractivity contribution in [1.82, 2.24) is 15.5 Å². The van der Waals surface area contributed by atoms with Gasteiger partial charge in [-0.25, -0.2) is 4.39 Å². The van der Waals surface area contributed by atoms with Crippen molar-refractivity contribution in [3.05, 3.63) is 47.4 Å². The number of rotatable bonds is 4. The Bertz CT molecular complexity index is 519. The molecule has 94 valence electrons.